The van der Waals surface area contributed by atoms with E-state index in [2.05, 4.69) is 36.4 Å². The van der Waals surface area contributed by atoms with Crippen LogP contribution in [0.3, 0.4) is 0 Å². The summed E-state index contributed by atoms with van der Waals surface area (Å²) >= 11 is 0. The molecule has 2 N–H and O–H groups in total. The molecule has 3 rings (SSSR count). The van der Waals surface area contributed by atoms with Gasteiger partial charge >= 0.3 is 0 Å². The monoisotopic (exact) mass is 222 g/mol. The number of para-hydroxylation sites is 1. The molecule has 0 aliphatic carbocycles. The van der Waals surface area contributed by atoms with E-state index in [0.717, 1.165) is 17.8 Å². The Kier molecular flexibility index (Phi) is 2.42. The Hall–Kier alpha value is -2.06. The van der Waals surface area contributed by atoms with Gasteiger partial charge in [-0.1, -0.05) is 54.6 Å². The first-order valence-corrected chi connectivity index (χ1v) is 5.72. The fourth-order valence-electron chi connectivity index (χ4n) is 2.18. The lowest BCUT2D eigenvalue weighted by molar-refractivity contribution is 0.849. The first kappa shape index (κ1) is 10.1. The van der Waals surface area contributed by atoms with Gasteiger partial charge in [0.2, 0.25) is 0 Å². The van der Waals surface area contributed by atoms with Gasteiger partial charge in [0.15, 0.2) is 0 Å². The molecule has 0 amide bonds. The van der Waals surface area contributed by atoms with E-state index in [1.807, 2.05) is 24.3 Å². The standard InChI is InChI=1S/C15H14N2/c16-17-11-14-7-2-1-5-12(14)9-10-13-6-3-4-8-15(13)17/h1-10H,11,16H2/b10-9-. The van der Waals surface area contributed by atoms with Crippen LogP contribution in [0.1, 0.15) is 16.7 Å². The van der Waals surface area contributed by atoms with Gasteiger partial charge in [-0.15, -0.1) is 0 Å². The van der Waals surface area contributed by atoms with Crippen molar-refractivity contribution in [2.24, 2.45) is 5.84 Å². The molecule has 0 bridgehead atoms. The number of hydrogen-bond acceptors (Lipinski definition) is 2. The summed E-state index contributed by atoms with van der Waals surface area (Å²) in [6.45, 7) is 0.734. The third-order valence-corrected chi connectivity index (χ3v) is 3.08. The van der Waals surface area contributed by atoms with Crippen molar-refractivity contribution in [3.8, 4) is 0 Å². The lowest BCUT2D eigenvalue weighted by Crippen LogP contribution is -2.31. The molecular formula is C15H14N2. The highest BCUT2D eigenvalue weighted by molar-refractivity contribution is 5.79. The SMILES string of the molecule is NN1Cc2ccccc2/C=C\c2ccccc21. The maximum Gasteiger partial charge on any atom is 0.0598 e. The van der Waals surface area contributed by atoms with Gasteiger partial charge in [-0.05, 0) is 22.8 Å². The van der Waals surface area contributed by atoms with Gasteiger partial charge in [-0.25, -0.2) is 5.84 Å². The van der Waals surface area contributed by atoms with Crippen molar-refractivity contribution >= 4 is 17.8 Å². The molecule has 84 valence electrons. The van der Waals surface area contributed by atoms with E-state index < -0.39 is 0 Å². The predicted octanol–water partition coefficient (Wildman–Crippen LogP) is 3.05. The van der Waals surface area contributed by atoms with E-state index in [4.69, 9.17) is 5.84 Å². The molecule has 2 aromatic carbocycles. The molecule has 0 aromatic heterocycles. The van der Waals surface area contributed by atoms with Crippen molar-refractivity contribution < 1.29 is 0 Å². The first-order valence-electron chi connectivity index (χ1n) is 5.72. The topological polar surface area (TPSA) is 29.3 Å². The maximum atomic E-state index is 6.13. The van der Waals surface area contributed by atoms with Crippen LogP contribution in [0, 0.1) is 0 Å². The molecule has 1 aliphatic heterocycles. The zero-order valence-corrected chi connectivity index (χ0v) is 9.51. The highest BCUT2D eigenvalue weighted by Gasteiger charge is 2.10. The second-order valence-corrected chi connectivity index (χ2v) is 4.22. The van der Waals surface area contributed by atoms with E-state index >= 15 is 0 Å². The number of nitrogens with two attached hydrogens (primary N) is 1. The quantitative estimate of drug-likeness (QED) is 0.694. The number of benzene rings is 2. The van der Waals surface area contributed by atoms with E-state index in [0.29, 0.717) is 0 Å². The largest absolute Gasteiger partial charge is 0.306 e. The molecule has 0 saturated heterocycles. The molecule has 1 aliphatic rings. The van der Waals surface area contributed by atoms with Crippen molar-refractivity contribution in [2.75, 3.05) is 5.01 Å². The number of hydrogen-bond donors (Lipinski definition) is 1. The summed E-state index contributed by atoms with van der Waals surface area (Å²) in [4.78, 5) is 0. The van der Waals surface area contributed by atoms with E-state index in [1.54, 1.807) is 5.01 Å². The fraction of sp³-hybridized carbons (Fsp3) is 0.0667. The van der Waals surface area contributed by atoms with E-state index in [9.17, 15) is 0 Å². The molecule has 0 saturated carbocycles. The molecule has 0 spiro atoms. The lowest BCUT2D eigenvalue weighted by Gasteiger charge is -2.23. The number of anilines is 1. The smallest absolute Gasteiger partial charge is 0.0598 e. The third kappa shape index (κ3) is 1.83. The van der Waals surface area contributed by atoms with Crippen LogP contribution in [0.4, 0.5) is 5.69 Å². The summed E-state index contributed by atoms with van der Waals surface area (Å²) in [7, 11) is 0. The third-order valence-electron chi connectivity index (χ3n) is 3.08. The Morgan fingerprint density at radius 3 is 2.35 bits per heavy atom. The Morgan fingerprint density at radius 1 is 0.824 bits per heavy atom. The molecule has 2 aromatic rings. The minimum absolute atomic E-state index is 0.734. The number of rotatable bonds is 0. The summed E-state index contributed by atoms with van der Waals surface area (Å²) in [5.41, 5.74) is 4.71. The average molecular weight is 222 g/mol. The molecule has 2 heteroatoms. The Morgan fingerprint density at radius 2 is 1.47 bits per heavy atom. The van der Waals surface area contributed by atoms with Crippen LogP contribution in [0.5, 0.6) is 0 Å². The van der Waals surface area contributed by atoms with Crippen molar-refractivity contribution in [1.29, 1.82) is 0 Å². The first-order chi connectivity index (χ1) is 8.34. The average Bonchev–Trinajstić information content (AvgIpc) is 2.36. The minimum Gasteiger partial charge on any atom is -0.306 e. The fourth-order valence-corrected chi connectivity index (χ4v) is 2.18. The summed E-state index contributed by atoms with van der Waals surface area (Å²) in [5, 5.41) is 1.80. The lowest BCUT2D eigenvalue weighted by atomic mass is 10.0. The summed E-state index contributed by atoms with van der Waals surface area (Å²) < 4.78 is 0. The molecule has 0 radical (unpaired) electrons. The van der Waals surface area contributed by atoms with Crippen LogP contribution < -0.4 is 10.9 Å². The van der Waals surface area contributed by atoms with Crippen LogP contribution in [0.25, 0.3) is 12.2 Å². The van der Waals surface area contributed by atoms with Crippen LogP contribution in [0.2, 0.25) is 0 Å². The molecule has 17 heavy (non-hydrogen) atoms. The van der Waals surface area contributed by atoms with Gasteiger partial charge in [0, 0.05) is 0 Å². The van der Waals surface area contributed by atoms with Crippen molar-refractivity contribution in [2.45, 2.75) is 6.54 Å². The Balaban J connectivity index is 2.16. The highest BCUT2D eigenvalue weighted by Crippen LogP contribution is 2.26. The highest BCUT2D eigenvalue weighted by atomic mass is 15.4. The van der Waals surface area contributed by atoms with E-state index in [1.165, 1.54) is 11.1 Å². The molecule has 0 unspecified atom stereocenters. The van der Waals surface area contributed by atoms with E-state index in [-0.39, 0.29) is 0 Å². The zero-order valence-electron chi connectivity index (χ0n) is 9.51. The molecule has 0 atom stereocenters. The van der Waals surface area contributed by atoms with Gasteiger partial charge in [-0.3, -0.25) is 0 Å². The second kappa shape index (κ2) is 4.07. The molecule has 0 fully saturated rings. The number of nitrogens with zero attached hydrogens (tertiary/aromatic N) is 1. The molecule has 2 nitrogen and oxygen atoms in total. The number of fused-ring (bicyclic) bond motifs is 2. The minimum atomic E-state index is 0.734. The predicted molar refractivity (Wildman–Crippen MR) is 72.2 cm³/mol. The van der Waals surface area contributed by atoms with Gasteiger partial charge in [0.1, 0.15) is 0 Å². The number of hydrazine groups is 1. The molecular weight excluding hydrogens is 208 g/mol. The van der Waals surface area contributed by atoms with Gasteiger partial charge < -0.3 is 5.01 Å². The summed E-state index contributed by atoms with van der Waals surface area (Å²) in [6.07, 6.45) is 4.27. The van der Waals surface area contributed by atoms with Crippen molar-refractivity contribution in [1.82, 2.24) is 0 Å². The maximum absolute atomic E-state index is 6.13. The van der Waals surface area contributed by atoms with Crippen molar-refractivity contribution in [3.05, 3.63) is 65.2 Å². The van der Waals surface area contributed by atoms with Gasteiger partial charge in [-0.2, -0.15) is 0 Å². The van der Waals surface area contributed by atoms with Crippen LogP contribution >= 0.6 is 0 Å². The Bertz CT molecular complexity index is 573. The Labute approximate surface area is 101 Å². The van der Waals surface area contributed by atoms with Crippen LogP contribution in [0.15, 0.2) is 48.5 Å². The second-order valence-electron chi connectivity index (χ2n) is 4.22. The van der Waals surface area contributed by atoms with Crippen molar-refractivity contribution in [3.63, 3.8) is 0 Å². The molecule has 1 heterocycles. The zero-order chi connectivity index (χ0) is 11.7. The normalized spacial score (nSPS) is 15.5. The van der Waals surface area contributed by atoms with Crippen LogP contribution in [-0.2, 0) is 6.54 Å². The summed E-state index contributed by atoms with van der Waals surface area (Å²) in [5.74, 6) is 6.13. The van der Waals surface area contributed by atoms with Gasteiger partial charge in [0.25, 0.3) is 0 Å². The summed E-state index contributed by atoms with van der Waals surface area (Å²) in [6, 6.07) is 16.5. The van der Waals surface area contributed by atoms with Crippen LogP contribution in [-0.4, -0.2) is 0 Å². The van der Waals surface area contributed by atoms with Gasteiger partial charge in [0.05, 0.1) is 12.2 Å².